The highest BCUT2D eigenvalue weighted by molar-refractivity contribution is 9.10. The van der Waals surface area contributed by atoms with Crippen molar-refractivity contribution in [2.75, 3.05) is 13.2 Å². The molecule has 0 saturated carbocycles. The van der Waals surface area contributed by atoms with E-state index >= 15 is 0 Å². The summed E-state index contributed by atoms with van der Waals surface area (Å²) < 4.78 is 6.59. The Kier molecular flexibility index (Phi) is 9.85. The number of benzene rings is 2. The summed E-state index contributed by atoms with van der Waals surface area (Å²) in [6.45, 7) is 8.63. The Bertz CT molecular complexity index is 887. The van der Waals surface area contributed by atoms with Gasteiger partial charge in [-0.1, -0.05) is 50.6 Å². The summed E-state index contributed by atoms with van der Waals surface area (Å²) in [5.74, 6) is 0.525. The summed E-state index contributed by atoms with van der Waals surface area (Å²) in [6.07, 6.45) is 0.826. The van der Waals surface area contributed by atoms with E-state index in [1.54, 1.807) is 19.1 Å². The van der Waals surface area contributed by atoms with Crippen LogP contribution in [0.4, 0.5) is 0 Å². The molecule has 31 heavy (non-hydrogen) atoms. The van der Waals surface area contributed by atoms with Crippen LogP contribution >= 0.6 is 27.5 Å². The molecule has 5 nitrogen and oxygen atoms in total. The van der Waals surface area contributed by atoms with Crippen LogP contribution in [0.3, 0.4) is 0 Å². The van der Waals surface area contributed by atoms with Crippen LogP contribution in [0.5, 0.6) is 5.75 Å². The van der Waals surface area contributed by atoms with Crippen LogP contribution in [-0.2, 0) is 16.1 Å². The Hall–Kier alpha value is -2.05. The summed E-state index contributed by atoms with van der Waals surface area (Å²) in [5, 5.41) is 3.48. The molecule has 0 aliphatic heterocycles. The second kappa shape index (κ2) is 12.1. The maximum Gasteiger partial charge on any atom is 0.261 e. The van der Waals surface area contributed by atoms with Crippen LogP contribution < -0.4 is 10.1 Å². The second-order valence-corrected chi connectivity index (χ2v) is 9.04. The van der Waals surface area contributed by atoms with Crippen molar-refractivity contribution in [2.45, 2.75) is 52.6 Å². The molecule has 7 heteroatoms. The van der Waals surface area contributed by atoms with Crippen molar-refractivity contribution in [3.05, 3.63) is 63.1 Å². The minimum absolute atomic E-state index is 0.168. The normalized spacial score (nSPS) is 11.8. The topological polar surface area (TPSA) is 58.6 Å². The molecule has 2 aromatic carbocycles. The zero-order valence-corrected chi connectivity index (χ0v) is 20.8. The number of rotatable bonds is 10. The van der Waals surface area contributed by atoms with Crippen molar-refractivity contribution in [3.63, 3.8) is 0 Å². The van der Waals surface area contributed by atoms with Crippen LogP contribution in [-0.4, -0.2) is 35.9 Å². The van der Waals surface area contributed by atoms with Gasteiger partial charge < -0.3 is 15.0 Å². The molecule has 2 amide bonds. The van der Waals surface area contributed by atoms with Gasteiger partial charge in [-0.3, -0.25) is 9.59 Å². The van der Waals surface area contributed by atoms with Crippen molar-refractivity contribution >= 4 is 39.3 Å². The van der Waals surface area contributed by atoms with Crippen molar-refractivity contribution in [2.24, 2.45) is 0 Å². The van der Waals surface area contributed by atoms with Crippen LogP contribution in [0.15, 0.2) is 46.9 Å². The molecule has 0 aromatic heterocycles. The van der Waals surface area contributed by atoms with Crippen molar-refractivity contribution < 1.29 is 14.3 Å². The molecule has 0 fully saturated rings. The first-order valence-corrected chi connectivity index (χ1v) is 11.6. The highest BCUT2D eigenvalue weighted by atomic mass is 79.9. The lowest BCUT2D eigenvalue weighted by molar-refractivity contribution is -0.142. The fourth-order valence-corrected chi connectivity index (χ4v) is 3.62. The average Bonchev–Trinajstić information content (AvgIpc) is 2.75. The summed E-state index contributed by atoms with van der Waals surface area (Å²) in [5.41, 5.74) is 2.06. The van der Waals surface area contributed by atoms with Crippen LogP contribution in [0, 0.1) is 0 Å². The summed E-state index contributed by atoms with van der Waals surface area (Å²) >= 11 is 9.49. The lowest BCUT2D eigenvalue weighted by Crippen LogP contribution is -2.49. The molecule has 0 heterocycles. The van der Waals surface area contributed by atoms with Crippen LogP contribution in [0.25, 0.3) is 0 Å². The third-order valence-corrected chi connectivity index (χ3v) is 5.83. The Morgan fingerprint density at radius 3 is 2.39 bits per heavy atom. The molecule has 0 spiro atoms. The third kappa shape index (κ3) is 7.54. The highest BCUT2D eigenvalue weighted by Gasteiger charge is 2.26. The molecule has 0 unspecified atom stereocenters. The van der Waals surface area contributed by atoms with Crippen LogP contribution in [0.2, 0.25) is 5.02 Å². The van der Waals surface area contributed by atoms with Gasteiger partial charge in [0.25, 0.3) is 5.91 Å². The van der Waals surface area contributed by atoms with Gasteiger partial charge >= 0.3 is 0 Å². The number of nitrogens with zero attached hydrogens (tertiary/aromatic N) is 1. The van der Waals surface area contributed by atoms with Gasteiger partial charge in [-0.25, -0.2) is 0 Å². The van der Waals surface area contributed by atoms with E-state index in [0.29, 0.717) is 23.2 Å². The minimum Gasteiger partial charge on any atom is -0.483 e. The molecule has 0 saturated heterocycles. The van der Waals surface area contributed by atoms with Gasteiger partial charge in [0, 0.05) is 18.1 Å². The smallest absolute Gasteiger partial charge is 0.261 e. The SMILES string of the molecule is CCCNC(=O)[C@@H](C)N(Cc1ccc(Cl)cc1)C(=O)COc1ccc(C(C)C)cc1Br. The number of carbonyl (C=O) groups is 2. The standard InChI is InChI=1S/C24H30BrClN2O3/c1-5-12-27-24(30)17(4)28(14-18-6-9-20(26)10-7-18)23(29)15-31-22-11-8-19(16(2)3)13-21(22)25/h6-11,13,16-17H,5,12,14-15H2,1-4H3,(H,27,30)/t17-/m1/s1. The van der Waals surface area contributed by atoms with Gasteiger partial charge in [0.2, 0.25) is 5.91 Å². The second-order valence-electron chi connectivity index (χ2n) is 7.75. The predicted octanol–water partition coefficient (Wildman–Crippen LogP) is 5.55. The first-order chi connectivity index (χ1) is 14.7. The number of carbonyl (C=O) groups excluding carboxylic acids is 2. The van der Waals surface area contributed by atoms with E-state index in [4.69, 9.17) is 16.3 Å². The number of halogens is 2. The molecular weight excluding hydrogens is 480 g/mol. The number of hydrogen-bond donors (Lipinski definition) is 1. The Balaban J connectivity index is 2.14. The summed E-state index contributed by atoms with van der Waals surface area (Å²) in [4.78, 5) is 27.2. The van der Waals surface area contributed by atoms with Gasteiger partial charge in [0.1, 0.15) is 11.8 Å². The molecule has 0 aliphatic carbocycles. The summed E-state index contributed by atoms with van der Waals surface area (Å²) in [6, 6.07) is 12.4. The van der Waals surface area contributed by atoms with Gasteiger partial charge in [0.15, 0.2) is 6.61 Å². The molecular formula is C24H30BrClN2O3. The number of amides is 2. The zero-order chi connectivity index (χ0) is 23.0. The molecule has 1 N–H and O–H groups in total. The predicted molar refractivity (Wildman–Crippen MR) is 128 cm³/mol. The Morgan fingerprint density at radius 2 is 1.81 bits per heavy atom. The monoisotopic (exact) mass is 508 g/mol. The van der Waals surface area contributed by atoms with Gasteiger partial charge in [-0.2, -0.15) is 0 Å². The van der Waals surface area contributed by atoms with Gasteiger partial charge in [-0.15, -0.1) is 0 Å². The van der Waals surface area contributed by atoms with Crippen molar-refractivity contribution in [1.29, 1.82) is 0 Å². The molecule has 0 aliphatic rings. The number of hydrogen-bond acceptors (Lipinski definition) is 3. The fourth-order valence-electron chi connectivity index (χ4n) is 2.98. The Labute approximate surface area is 198 Å². The van der Waals surface area contributed by atoms with E-state index in [2.05, 4.69) is 35.1 Å². The Morgan fingerprint density at radius 1 is 1.13 bits per heavy atom. The van der Waals surface area contributed by atoms with Gasteiger partial charge in [-0.05, 0) is 70.6 Å². The lowest BCUT2D eigenvalue weighted by Gasteiger charge is -2.29. The summed E-state index contributed by atoms with van der Waals surface area (Å²) in [7, 11) is 0. The van der Waals surface area contributed by atoms with E-state index in [9.17, 15) is 9.59 Å². The number of nitrogens with one attached hydrogen (secondary N) is 1. The van der Waals surface area contributed by atoms with Crippen molar-refractivity contribution in [1.82, 2.24) is 10.2 Å². The van der Waals surface area contributed by atoms with Crippen molar-refractivity contribution in [3.8, 4) is 5.75 Å². The maximum absolute atomic E-state index is 13.1. The van der Waals surface area contributed by atoms with E-state index < -0.39 is 6.04 Å². The molecule has 2 rings (SSSR count). The fraction of sp³-hybridized carbons (Fsp3) is 0.417. The van der Waals surface area contributed by atoms with Crippen LogP contribution in [0.1, 0.15) is 51.2 Å². The first-order valence-electron chi connectivity index (χ1n) is 10.5. The quantitative estimate of drug-likeness (QED) is 0.457. The van der Waals surface area contributed by atoms with E-state index in [1.165, 1.54) is 10.5 Å². The molecule has 1 atom stereocenters. The zero-order valence-electron chi connectivity index (χ0n) is 18.5. The molecule has 2 aromatic rings. The van der Waals surface area contributed by atoms with E-state index in [-0.39, 0.29) is 25.0 Å². The average molecular weight is 510 g/mol. The van der Waals surface area contributed by atoms with E-state index in [1.807, 2.05) is 37.3 Å². The van der Waals surface area contributed by atoms with Gasteiger partial charge in [0.05, 0.1) is 4.47 Å². The first kappa shape index (κ1) is 25.2. The largest absolute Gasteiger partial charge is 0.483 e. The lowest BCUT2D eigenvalue weighted by atomic mass is 10.0. The minimum atomic E-state index is -0.634. The third-order valence-electron chi connectivity index (χ3n) is 4.96. The molecule has 0 bridgehead atoms. The highest BCUT2D eigenvalue weighted by Crippen LogP contribution is 2.29. The molecule has 0 radical (unpaired) electrons. The number of ether oxygens (including phenoxy) is 1. The maximum atomic E-state index is 13.1. The van der Waals surface area contributed by atoms with E-state index in [0.717, 1.165) is 16.5 Å². The molecule has 168 valence electrons.